The van der Waals surface area contributed by atoms with Crippen molar-refractivity contribution in [1.29, 1.82) is 5.26 Å². The van der Waals surface area contributed by atoms with Crippen LogP contribution in [-0.4, -0.2) is 30.6 Å². The van der Waals surface area contributed by atoms with E-state index < -0.39 is 0 Å². The first-order valence-corrected chi connectivity index (χ1v) is 7.14. The molecule has 0 bridgehead atoms. The van der Waals surface area contributed by atoms with E-state index in [1.165, 1.54) is 0 Å². The van der Waals surface area contributed by atoms with Crippen LogP contribution < -0.4 is 5.32 Å². The molecule has 1 aliphatic heterocycles. The molecule has 1 saturated heterocycles. The van der Waals surface area contributed by atoms with Gasteiger partial charge in [0.1, 0.15) is 6.07 Å². The number of nitrogens with one attached hydrogen (secondary N) is 1. The predicted octanol–water partition coefficient (Wildman–Crippen LogP) is 2.83. The molecule has 0 unspecified atom stereocenters. The van der Waals surface area contributed by atoms with Crippen LogP contribution in [0.5, 0.6) is 0 Å². The quantitative estimate of drug-likeness (QED) is 0.871. The van der Waals surface area contributed by atoms with Gasteiger partial charge in [0.2, 0.25) is 0 Å². The smallest absolute Gasteiger partial charge is 0.101 e. The summed E-state index contributed by atoms with van der Waals surface area (Å²) in [7, 11) is 0. The molecule has 0 saturated carbocycles. The SMILES string of the molecule is C#CCN1CCC(Nc2cc(Br)ccc2C#N)CC1. The summed E-state index contributed by atoms with van der Waals surface area (Å²) in [6.07, 6.45) is 7.43. The second-order valence-corrected chi connectivity index (χ2v) is 5.62. The highest BCUT2D eigenvalue weighted by molar-refractivity contribution is 9.10. The Morgan fingerprint density at radius 1 is 1.42 bits per heavy atom. The topological polar surface area (TPSA) is 39.1 Å². The summed E-state index contributed by atoms with van der Waals surface area (Å²) in [6.45, 7) is 2.75. The van der Waals surface area contributed by atoms with Gasteiger partial charge in [-0.2, -0.15) is 5.26 Å². The Labute approximate surface area is 122 Å². The molecule has 1 aliphatic rings. The van der Waals surface area contributed by atoms with Gasteiger partial charge in [0.15, 0.2) is 0 Å². The molecule has 0 atom stereocenters. The molecule has 4 heteroatoms. The number of halogens is 1. The highest BCUT2D eigenvalue weighted by Crippen LogP contribution is 2.23. The minimum Gasteiger partial charge on any atom is -0.381 e. The fraction of sp³-hybridized carbons (Fsp3) is 0.400. The van der Waals surface area contributed by atoms with Crippen molar-refractivity contribution >= 4 is 21.6 Å². The molecule has 0 amide bonds. The second kappa shape index (κ2) is 6.61. The van der Waals surface area contributed by atoms with Crippen LogP contribution in [0.3, 0.4) is 0 Å². The van der Waals surface area contributed by atoms with Crippen LogP contribution in [0.1, 0.15) is 18.4 Å². The lowest BCUT2D eigenvalue weighted by Crippen LogP contribution is -2.39. The molecule has 1 N–H and O–H groups in total. The third kappa shape index (κ3) is 3.73. The van der Waals surface area contributed by atoms with Crippen LogP contribution in [-0.2, 0) is 0 Å². The number of likely N-dealkylation sites (tertiary alicyclic amines) is 1. The van der Waals surface area contributed by atoms with Crippen molar-refractivity contribution in [1.82, 2.24) is 4.90 Å². The van der Waals surface area contributed by atoms with E-state index >= 15 is 0 Å². The lowest BCUT2D eigenvalue weighted by molar-refractivity contribution is 0.243. The van der Waals surface area contributed by atoms with Gasteiger partial charge in [0.25, 0.3) is 0 Å². The maximum atomic E-state index is 9.12. The predicted molar refractivity (Wildman–Crippen MR) is 80.8 cm³/mol. The summed E-state index contributed by atoms with van der Waals surface area (Å²) < 4.78 is 0.985. The van der Waals surface area contributed by atoms with Gasteiger partial charge in [-0.15, -0.1) is 6.42 Å². The summed E-state index contributed by atoms with van der Waals surface area (Å²) in [5.41, 5.74) is 1.60. The standard InChI is InChI=1S/C15H16BrN3/c1-2-7-19-8-5-14(6-9-19)18-15-10-13(16)4-3-12(15)11-17/h1,3-4,10,14,18H,5-9H2. The van der Waals surface area contributed by atoms with Gasteiger partial charge in [-0.1, -0.05) is 21.9 Å². The Morgan fingerprint density at radius 2 is 2.16 bits per heavy atom. The molecule has 19 heavy (non-hydrogen) atoms. The first-order chi connectivity index (χ1) is 9.22. The van der Waals surface area contributed by atoms with E-state index in [0.717, 1.165) is 42.6 Å². The molecule has 2 rings (SSSR count). The molecular weight excluding hydrogens is 302 g/mol. The van der Waals surface area contributed by atoms with E-state index in [2.05, 4.69) is 38.1 Å². The first kappa shape index (κ1) is 13.9. The average molecular weight is 318 g/mol. The Bertz CT molecular complexity index is 519. The van der Waals surface area contributed by atoms with Crippen molar-refractivity contribution in [3.05, 3.63) is 28.2 Å². The Kier molecular flexibility index (Phi) is 4.85. The van der Waals surface area contributed by atoms with Crippen LogP contribution in [0.15, 0.2) is 22.7 Å². The number of rotatable bonds is 3. The molecule has 1 fully saturated rings. The number of hydrogen-bond acceptors (Lipinski definition) is 3. The van der Waals surface area contributed by atoms with Gasteiger partial charge >= 0.3 is 0 Å². The van der Waals surface area contributed by atoms with Gasteiger partial charge in [-0.05, 0) is 31.0 Å². The number of benzene rings is 1. The molecule has 0 aliphatic carbocycles. The highest BCUT2D eigenvalue weighted by Gasteiger charge is 2.19. The first-order valence-electron chi connectivity index (χ1n) is 6.35. The summed E-state index contributed by atoms with van der Waals surface area (Å²) in [5.74, 6) is 2.68. The summed E-state index contributed by atoms with van der Waals surface area (Å²) in [4.78, 5) is 2.28. The van der Waals surface area contributed by atoms with Crippen molar-refractivity contribution in [2.75, 3.05) is 25.0 Å². The second-order valence-electron chi connectivity index (χ2n) is 4.70. The number of nitrogens with zero attached hydrogens (tertiary/aromatic N) is 2. The number of hydrogen-bond donors (Lipinski definition) is 1. The van der Waals surface area contributed by atoms with Gasteiger partial charge in [0, 0.05) is 23.6 Å². The summed E-state index contributed by atoms with van der Waals surface area (Å²) >= 11 is 3.44. The fourth-order valence-electron chi connectivity index (χ4n) is 2.32. The number of anilines is 1. The Hall–Kier alpha value is -1.49. The minimum atomic E-state index is 0.412. The third-order valence-corrected chi connectivity index (χ3v) is 3.86. The molecule has 0 spiro atoms. The van der Waals surface area contributed by atoms with E-state index in [1.54, 1.807) is 0 Å². The van der Waals surface area contributed by atoms with E-state index in [0.29, 0.717) is 11.6 Å². The number of terminal acetylenes is 1. The molecule has 0 radical (unpaired) electrons. The molecule has 98 valence electrons. The van der Waals surface area contributed by atoms with E-state index in [9.17, 15) is 0 Å². The van der Waals surface area contributed by atoms with Crippen LogP contribution >= 0.6 is 15.9 Å². The third-order valence-electron chi connectivity index (χ3n) is 3.36. The zero-order valence-electron chi connectivity index (χ0n) is 10.7. The van der Waals surface area contributed by atoms with E-state index in [-0.39, 0.29) is 0 Å². The maximum Gasteiger partial charge on any atom is 0.101 e. The molecule has 0 aromatic heterocycles. The van der Waals surface area contributed by atoms with Crippen LogP contribution in [0, 0.1) is 23.7 Å². The highest BCUT2D eigenvalue weighted by atomic mass is 79.9. The monoisotopic (exact) mass is 317 g/mol. The maximum absolute atomic E-state index is 9.12. The zero-order chi connectivity index (χ0) is 13.7. The van der Waals surface area contributed by atoms with E-state index in [4.69, 9.17) is 11.7 Å². The van der Waals surface area contributed by atoms with Gasteiger partial charge in [0.05, 0.1) is 17.8 Å². The van der Waals surface area contributed by atoms with Crippen molar-refractivity contribution < 1.29 is 0 Å². The molecule has 1 heterocycles. The zero-order valence-corrected chi connectivity index (χ0v) is 12.3. The Morgan fingerprint density at radius 3 is 2.79 bits per heavy atom. The number of nitriles is 1. The lowest BCUT2D eigenvalue weighted by Gasteiger charge is -2.31. The van der Waals surface area contributed by atoms with E-state index in [1.807, 2.05) is 18.2 Å². The van der Waals surface area contributed by atoms with Crippen molar-refractivity contribution in [2.24, 2.45) is 0 Å². The van der Waals surface area contributed by atoms with Crippen LogP contribution in [0.4, 0.5) is 5.69 Å². The summed E-state index contributed by atoms with van der Waals surface area (Å²) in [5, 5.41) is 12.6. The van der Waals surface area contributed by atoms with Crippen molar-refractivity contribution in [3.63, 3.8) is 0 Å². The molecule has 1 aromatic rings. The van der Waals surface area contributed by atoms with Gasteiger partial charge in [-0.25, -0.2) is 0 Å². The molecular formula is C15H16BrN3. The van der Waals surface area contributed by atoms with Gasteiger partial charge in [-0.3, -0.25) is 4.90 Å². The van der Waals surface area contributed by atoms with Crippen molar-refractivity contribution in [3.8, 4) is 18.4 Å². The lowest BCUT2D eigenvalue weighted by atomic mass is 10.0. The van der Waals surface area contributed by atoms with Crippen molar-refractivity contribution in [2.45, 2.75) is 18.9 Å². The minimum absolute atomic E-state index is 0.412. The Balaban J connectivity index is 1.98. The molecule has 1 aromatic carbocycles. The number of piperidine rings is 1. The normalized spacial score (nSPS) is 16.6. The van der Waals surface area contributed by atoms with Gasteiger partial charge < -0.3 is 5.32 Å². The fourth-order valence-corrected chi connectivity index (χ4v) is 2.68. The van der Waals surface area contributed by atoms with Crippen LogP contribution in [0.25, 0.3) is 0 Å². The molecule has 3 nitrogen and oxygen atoms in total. The van der Waals surface area contributed by atoms with Crippen LogP contribution in [0.2, 0.25) is 0 Å². The average Bonchev–Trinajstić information content (AvgIpc) is 2.42. The summed E-state index contributed by atoms with van der Waals surface area (Å²) in [6, 6.07) is 8.32. The largest absolute Gasteiger partial charge is 0.381 e.